The number of ether oxygens (including phenoxy) is 2. The summed E-state index contributed by atoms with van der Waals surface area (Å²) >= 11 is 0. The Bertz CT molecular complexity index is 1090. The first-order chi connectivity index (χ1) is 16.1. The van der Waals surface area contributed by atoms with E-state index in [1.807, 2.05) is 55.9 Å². The van der Waals surface area contributed by atoms with Crippen molar-refractivity contribution in [2.45, 2.75) is 79.1 Å². The van der Waals surface area contributed by atoms with Crippen molar-refractivity contribution in [3.8, 4) is 0 Å². The van der Waals surface area contributed by atoms with Crippen LogP contribution in [0, 0.1) is 11.8 Å². The lowest BCUT2D eigenvalue weighted by Crippen LogP contribution is -2.49. The zero-order valence-corrected chi connectivity index (χ0v) is 22.3. The van der Waals surface area contributed by atoms with Gasteiger partial charge in [-0.25, -0.2) is 9.59 Å². The number of carbonyl (C=O) groups excluding carboxylic acids is 3. The predicted octanol–water partition coefficient (Wildman–Crippen LogP) is 4.83. The standard InChI is InChI=1S/C27H39N3O5/c1-17(2)22(24(32)34-26(3,4)5)29-23(31)18(15-28-25(33)35-27(6,7)8)14-19-16-30(9)21-13-11-10-12-20(19)21/h10-13,15-18,22H,14H2,1-9H3,(H,29,31)/b28-15+/t18?,22-/m0/s1. The fourth-order valence-electron chi connectivity index (χ4n) is 3.60. The van der Waals surface area contributed by atoms with Gasteiger partial charge in [0.05, 0.1) is 5.92 Å². The molecule has 0 bridgehead atoms. The zero-order chi connectivity index (χ0) is 26.6. The van der Waals surface area contributed by atoms with Gasteiger partial charge in [0, 0.05) is 30.4 Å². The topological polar surface area (TPSA) is 99.0 Å². The smallest absolute Gasteiger partial charge is 0.433 e. The summed E-state index contributed by atoms with van der Waals surface area (Å²) in [5, 5.41) is 3.83. The highest BCUT2D eigenvalue weighted by molar-refractivity contribution is 5.99. The Labute approximate surface area is 208 Å². The van der Waals surface area contributed by atoms with Gasteiger partial charge in [0.2, 0.25) is 5.91 Å². The van der Waals surface area contributed by atoms with E-state index in [1.54, 1.807) is 41.5 Å². The first-order valence-corrected chi connectivity index (χ1v) is 11.9. The summed E-state index contributed by atoms with van der Waals surface area (Å²) in [6.45, 7) is 14.2. The van der Waals surface area contributed by atoms with Crippen molar-refractivity contribution < 1.29 is 23.9 Å². The van der Waals surface area contributed by atoms with Gasteiger partial charge in [0.15, 0.2) is 0 Å². The molecular formula is C27H39N3O5. The van der Waals surface area contributed by atoms with Crippen LogP contribution in [0.1, 0.15) is 61.0 Å². The highest BCUT2D eigenvalue weighted by Crippen LogP contribution is 2.23. The van der Waals surface area contributed by atoms with E-state index in [9.17, 15) is 14.4 Å². The van der Waals surface area contributed by atoms with E-state index in [1.165, 1.54) is 6.21 Å². The van der Waals surface area contributed by atoms with Gasteiger partial charge in [-0.1, -0.05) is 32.0 Å². The number of aliphatic imine (C=N–C) groups is 1. The number of benzene rings is 1. The molecule has 2 atom stereocenters. The third kappa shape index (κ3) is 8.53. The second-order valence-corrected chi connectivity index (χ2v) is 11.1. The van der Waals surface area contributed by atoms with Crippen LogP contribution in [0.25, 0.3) is 10.9 Å². The van der Waals surface area contributed by atoms with Gasteiger partial charge in [-0.2, -0.15) is 4.99 Å². The van der Waals surface area contributed by atoms with E-state index in [0.29, 0.717) is 6.42 Å². The fraction of sp³-hybridized carbons (Fsp3) is 0.556. The number of carbonyl (C=O) groups is 3. The molecule has 1 heterocycles. The van der Waals surface area contributed by atoms with E-state index in [0.717, 1.165) is 16.5 Å². The summed E-state index contributed by atoms with van der Waals surface area (Å²) < 4.78 is 12.8. The monoisotopic (exact) mass is 485 g/mol. The molecule has 8 heteroatoms. The van der Waals surface area contributed by atoms with Crippen LogP contribution >= 0.6 is 0 Å². The Kier molecular flexibility index (Phi) is 8.87. The van der Waals surface area contributed by atoms with Crippen LogP contribution in [0.4, 0.5) is 4.79 Å². The van der Waals surface area contributed by atoms with Gasteiger partial charge in [-0.05, 0) is 65.5 Å². The van der Waals surface area contributed by atoms with Crippen molar-refractivity contribution >= 4 is 35.1 Å². The van der Waals surface area contributed by atoms with Gasteiger partial charge in [-0.15, -0.1) is 0 Å². The number of esters is 1. The second-order valence-electron chi connectivity index (χ2n) is 11.1. The maximum Gasteiger partial charge on any atom is 0.433 e. The Balaban J connectivity index is 2.35. The molecule has 2 rings (SSSR count). The molecule has 0 fully saturated rings. The molecule has 1 N–H and O–H groups in total. The van der Waals surface area contributed by atoms with Crippen LogP contribution in [-0.2, 0) is 32.5 Å². The first kappa shape index (κ1) is 28.1. The summed E-state index contributed by atoms with van der Waals surface area (Å²) in [5.74, 6) is -1.93. The summed E-state index contributed by atoms with van der Waals surface area (Å²) in [4.78, 5) is 42.3. The Morgan fingerprint density at radius 1 is 1.03 bits per heavy atom. The molecule has 0 aliphatic rings. The van der Waals surface area contributed by atoms with Crippen LogP contribution in [0.5, 0.6) is 0 Å². The van der Waals surface area contributed by atoms with E-state index in [4.69, 9.17) is 9.47 Å². The number of hydrogen-bond donors (Lipinski definition) is 1. The minimum atomic E-state index is -0.841. The van der Waals surface area contributed by atoms with Gasteiger partial charge in [0.25, 0.3) is 0 Å². The van der Waals surface area contributed by atoms with Crippen LogP contribution < -0.4 is 5.32 Å². The van der Waals surface area contributed by atoms with Crippen LogP contribution in [0.2, 0.25) is 0 Å². The number of aryl methyl sites for hydroxylation is 1. The molecule has 192 valence electrons. The SMILES string of the molecule is CC(C)[C@H](NC(=O)C(/C=N/C(=O)OC(C)(C)C)Cc1cn(C)c2ccccc12)C(=O)OC(C)(C)C. The number of nitrogens with zero attached hydrogens (tertiary/aromatic N) is 2. The maximum atomic E-state index is 13.4. The van der Waals surface area contributed by atoms with Crippen LogP contribution in [-0.4, -0.2) is 46.0 Å². The highest BCUT2D eigenvalue weighted by Gasteiger charge is 2.31. The lowest BCUT2D eigenvalue weighted by molar-refractivity contribution is -0.160. The van der Waals surface area contributed by atoms with Crippen molar-refractivity contribution in [2.75, 3.05) is 0 Å². The van der Waals surface area contributed by atoms with Crippen molar-refractivity contribution in [3.63, 3.8) is 0 Å². The summed E-state index contributed by atoms with van der Waals surface area (Å²) in [7, 11) is 1.94. The molecule has 0 radical (unpaired) electrons. The molecule has 0 aliphatic heterocycles. The second kappa shape index (κ2) is 11.1. The van der Waals surface area contributed by atoms with Crippen molar-refractivity contribution in [3.05, 3.63) is 36.0 Å². The average molecular weight is 486 g/mol. The third-order valence-corrected chi connectivity index (χ3v) is 5.13. The lowest BCUT2D eigenvalue weighted by atomic mass is 9.97. The normalized spacial score (nSPS) is 14.2. The van der Waals surface area contributed by atoms with E-state index < -0.39 is 41.1 Å². The lowest BCUT2D eigenvalue weighted by Gasteiger charge is -2.27. The largest absolute Gasteiger partial charge is 0.458 e. The molecular weight excluding hydrogens is 446 g/mol. The Morgan fingerprint density at radius 2 is 1.63 bits per heavy atom. The molecule has 0 saturated carbocycles. The number of amides is 2. The van der Waals surface area contributed by atoms with Crippen LogP contribution in [0.3, 0.4) is 0 Å². The predicted molar refractivity (Wildman–Crippen MR) is 137 cm³/mol. The molecule has 0 spiro atoms. The third-order valence-electron chi connectivity index (χ3n) is 5.13. The van der Waals surface area contributed by atoms with E-state index in [-0.39, 0.29) is 5.92 Å². The molecule has 1 aromatic heterocycles. The molecule has 0 saturated heterocycles. The number of nitrogens with one attached hydrogen (secondary N) is 1. The van der Waals surface area contributed by atoms with Gasteiger partial charge >= 0.3 is 12.1 Å². The highest BCUT2D eigenvalue weighted by atomic mass is 16.6. The molecule has 0 aliphatic carbocycles. The quantitative estimate of drug-likeness (QED) is 0.448. The molecule has 35 heavy (non-hydrogen) atoms. The zero-order valence-electron chi connectivity index (χ0n) is 22.3. The van der Waals surface area contributed by atoms with Gasteiger partial charge in [0.1, 0.15) is 17.2 Å². The number of fused-ring (bicyclic) bond motifs is 1. The van der Waals surface area contributed by atoms with Crippen molar-refractivity contribution in [1.29, 1.82) is 0 Å². The van der Waals surface area contributed by atoms with Crippen molar-refractivity contribution in [2.24, 2.45) is 23.9 Å². The van der Waals surface area contributed by atoms with E-state index >= 15 is 0 Å². The molecule has 2 aromatic rings. The fourth-order valence-corrected chi connectivity index (χ4v) is 3.60. The Morgan fingerprint density at radius 3 is 2.20 bits per heavy atom. The summed E-state index contributed by atoms with van der Waals surface area (Å²) in [6, 6.07) is 7.04. The van der Waals surface area contributed by atoms with Crippen molar-refractivity contribution in [1.82, 2.24) is 9.88 Å². The molecule has 1 aromatic carbocycles. The number of rotatable bonds is 7. The number of aromatic nitrogens is 1. The van der Waals surface area contributed by atoms with Crippen LogP contribution in [0.15, 0.2) is 35.5 Å². The van der Waals surface area contributed by atoms with E-state index in [2.05, 4.69) is 10.3 Å². The summed E-state index contributed by atoms with van der Waals surface area (Å²) in [5.41, 5.74) is 0.563. The van der Waals surface area contributed by atoms with Gasteiger partial charge in [-0.3, -0.25) is 4.79 Å². The molecule has 2 amide bonds. The molecule has 8 nitrogen and oxygen atoms in total. The number of para-hydroxylation sites is 1. The Hall–Kier alpha value is -3.16. The minimum absolute atomic E-state index is 0.199. The van der Waals surface area contributed by atoms with Gasteiger partial charge < -0.3 is 19.4 Å². The summed E-state index contributed by atoms with van der Waals surface area (Å²) in [6.07, 6.45) is 2.77. The average Bonchev–Trinajstić information content (AvgIpc) is 3.02. The minimum Gasteiger partial charge on any atom is -0.458 e. The molecule has 1 unspecified atom stereocenters. The maximum absolute atomic E-state index is 13.4. The number of hydrogen-bond acceptors (Lipinski definition) is 5. The first-order valence-electron chi connectivity index (χ1n) is 11.9.